The lowest BCUT2D eigenvalue weighted by atomic mass is 9.93. The van der Waals surface area contributed by atoms with Crippen molar-refractivity contribution >= 4 is 5.91 Å². The maximum absolute atomic E-state index is 12.2. The summed E-state index contributed by atoms with van der Waals surface area (Å²) in [4.78, 5) is 18.4. The molecule has 110 valence electrons. The van der Waals surface area contributed by atoms with Gasteiger partial charge in [0.15, 0.2) is 0 Å². The number of hydrogen-bond acceptors (Lipinski definition) is 3. The standard InChI is InChI=1S/C16H24N2O2/c1-12-5-6-14(11-17-12)20-13-7-9-18(10-8-13)15(19)16(2,3)4/h5-6,11,13H,7-10H2,1-4H3. The molecule has 0 bridgehead atoms. The molecule has 1 aliphatic heterocycles. The number of likely N-dealkylation sites (tertiary alicyclic amines) is 1. The van der Waals surface area contributed by atoms with E-state index < -0.39 is 0 Å². The summed E-state index contributed by atoms with van der Waals surface area (Å²) in [7, 11) is 0. The number of pyridine rings is 1. The second kappa shape index (κ2) is 5.81. The molecule has 0 atom stereocenters. The molecule has 1 saturated heterocycles. The highest BCUT2D eigenvalue weighted by molar-refractivity contribution is 5.81. The molecule has 0 aliphatic carbocycles. The normalized spacial score (nSPS) is 17.1. The average molecular weight is 276 g/mol. The van der Waals surface area contributed by atoms with E-state index in [-0.39, 0.29) is 17.4 Å². The molecule has 0 unspecified atom stereocenters. The molecule has 2 heterocycles. The number of amides is 1. The van der Waals surface area contributed by atoms with Gasteiger partial charge in [0.05, 0.1) is 6.20 Å². The van der Waals surface area contributed by atoms with Crippen molar-refractivity contribution in [1.29, 1.82) is 0 Å². The number of nitrogens with zero attached hydrogens (tertiary/aromatic N) is 2. The van der Waals surface area contributed by atoms with Gasteiger partial charge in [-0.3, -0.25) is 9.78 Å². The van der Waals surface area contributed by atoms with Crippen molar-refractivity contribution in [3.05, 3.63) is 24.0 Å². The number of aromatic nitrogens is 1. The van der Waals surface area contributed by atoms with Crippen LogP contribution in [0.5, 0.6) is 5.75 Å². The first kappa shape index (κ1) is 14.8. The summed E-state index contributed by atoms with van der Waals surface area (Å²) in [6, 6.07) is 3.91. The number of carbonyl (C=O) groups is 1. The second-order valence-electron chi connectivity index (χ2n) is 6.49. The molecule has 1 aromatic heterocycles. The smallest absolute Gasteiger partial charge is 0.227 e. The van der Waals surface area contributed by atoms with Crippen LogP contribution in [-0.2, 0) is 4.79 Å². The number of hydrogen-bond donors (Lipinski definition) is 0. The maximum Gasteiger partial charge on any atom is 0.227 e. The number of aryl methyl sites for hydroxylation is 1. The summed E-state index contributed by atoms with van der Waals surface area (Å²) in [6.45, 7) is 9.42. The molecule has 1 aliphatic rings. The Kier molecular flexibility index (Phi) is 4.31. The van der Waals surface area contributed by atoms with E-state index >= 15 is 0 Å². The SMILES string of the molecule is Cc1ccc(OC2CCN(C(=O)C(C)(C)C)CC2)cn1. The van der Waals surface area contributed by atoms with Gasteiger partial charge in [-0.2, -0.15) is 0 Å². The van der Waals surface area contributed by atoms with E-state index in [4.69, 9.17) is 4.74 Å². The minimum atomic E-state index is -0.297. The van der Waals surface area contributed by atoms with E-state index in [1.807, 2.05) is 44.7 Å². The Hall–Kier alpha value is -1.58. The molecule has 0 spiro atoms. The van der Waals surface area contributed by atoms with Crippen LogP contribution in [0.1, 0.15) is 39.3 Å². The second-order valence-corrected chi connectivity index (χ2v) is 6.49. The van der Waals surface area contributed by atoms with Gasteiger partial charge in [0.2, 0.25) is 5.91 Å². The van der Waals surface area contributed by atoms with E-state index in [1.54, 1.807) is 6.20 Å². The summed E-state index contributed by atoms with van der Waals surface area (Å²) >= 11 is 0. The number of ether oxygens (including phenoxy) is 1. The molecule has 1 aromatic rings. The molecule has 0 saturated carbocycles. The highest BCUT2D eigenvalue weighted by atomic mass is 16.5. The van der Waals surface area contributed by atoms with Gasteiger partial charge in [0, 0.05) is 37.0 Å². The van der Waals surface area contributed by atoms with Crippen molar-refractivity contribution in [3.8, 4) is 5.75 Å². The average Bonchev–Trinajstić information content (AvgIpc) is 2.40. The predicted octanol–water partition coefficient (Wildman–Crippen LogP) is 2.81. The minimum absolute atomic E-state index is 0.184. The van der Waals surface area contributed by atoms with Gasteiger partial charge < -0.3 is 9.64 Å². The van der Waals surface area contributed by atoms with Crippen molar-refractivity contribution < 1.29 is 9.53 Å². The topological polar surface area (TPSA) is 42.4 Å². The Morgan fingerprint density at radius 1 is 1.30 bits per heavy atom. The summed E-state index contributed by atoms with van der Waals surface area (Å²) < 4.78 is 5.92. The number of carbonyl (C=O) groups excluding carboxylic acids is 1. The first-order valence-electron chi connectivity index (χ1n) is 7.25. The van der Waals surface area contributed by atoms with E-state index in [9.17, 15) is 4.79 Å². The van der Waals surface area contributed by atoms with Crippen LogP contribution < -0.4 is 4.74 Å². The molecule has 4 heteroatoms. The van der Waals surface area contributed by atoms with Crippen LogP contribution in [0.3, 0.4) is 0 Å². The highest BCUT2D eigenvalue weighted by Crippen LogP contribution is 2.23. The molecule has 1 fully saturated rings. The molecule has 0 radical (unpaired) electrons. The van der Waals surface area contributed by atoms with Crippen molar-refractivity contribution in [1.82, 2.24) is 9.88 Å². The van der Waals surface area contributed by atoms with Crippen molar-refractivity contribution in [2.75, 3.05) is 13.1 Å². The van der Waals surface area contributed by atoms with Gasteiger partial charge in [0.1, 0.15) is 11.9 Å². The third kappa shape index (κ3) is 3.71. The van der Waals surface area contributed by atoms with E-state index in [0.717, 1.165) is 37.4 Å². The number of piperidine rings is 1. The van der Waals surface area contributed by atoms with Crippen molar-refractivity contribution in [2.24, 2.45) is 5.41 Å². The zero-order valence-electron chi connectivity index (χ0n) is 12.8. The fraction of sp³-hybridized carbons (Fsp3) is 0.625. The lowest BCUT2D eigenvalue weighted by molar-refractivity contribution is -0.141. The van der Waals surface area contributed by atoms with Crippen molar-refractivity contribution in [3.63, 3.8) is 0 Å². The Bertz CT molecular complexity index is 454. The third-order valence-electron chi connectivity index (χ3n) is 3.56. The molecule has 1 amide bonds. The van der Waals surface area contributed by atoms with Crippen LogP contribution in [0, 0.1) is 12.3 Å². The quantitative estimate of drug-likeness (QED) is 0.834. The van der Waals surface area contributed by atoms with Crippen LogP contribution in [0.4, 0.5) is 0 Å². The lowest BCUT2D eigenvalue weighted by Gasteiger charge is -2.35. The fourth-order valence-electron chi connectivity index (χ4n) is 2.37. The molecule has 2 rings (SSSR count). The molecule has 4 nitrogen and oxygen atoms in total. The molecular formula is C16H24N2O2. The van der Waals surface area contributed by atoms with Gasteiger partial charge >= 0.3 is 0 Å². The Balaban J connectivity index is 1.85. The Labute approximate surface area is 121 Å². The van der Waals surface area contributed by atoms with Gasteiger partial charge in [-0.1, -0.05) is 20.8 Å². The van der Waals surface area contributed by atoms with Crippen LogP contribution in [0.25, 0.3) is 0 Å². The van der Waals surface area contributed by atoms with E-state index in [0.29, 0.717) is 0 Å². The predicted molar refractivity (Wildman–Crippen MR) is 78.7 cm³/mol. The molecule has 0 aromatic carbocycles. The van der Waals surface area contributed by atoms with Gasteiger partial charge in [-0.15, -0.1) is 0 Å². The molecular weight excluding hydrogens is 252 g/mol. The Morgan fingerprint density at radius 2 is 1.95 bits per heavy atom. The van der Waals surface area contributed by atoms with E-state index in [1.165, 1.54) is 0 Å². The van der Waals surface area contributed by atoms with Crippen LogP contribution in [0.2, 0.25) is 0 Å². The van der Waals surface area contributed by atoms with Crippen LogP contribution in [-0.4, -0.2) is 35.0 Å². The van der Waals surface area contributed by atoms with Crippen LogP contribution in [0.15, 0.2) is 18.3 Å². The maximum atomic E-state index is 12.2. The van der Waals surface area contributed by atoms with E-state index in [2.05, 4.69) is 4.98 Å². The largest absolute Gasteiger partial charge is 0.489 e. The van der Waals surface area contributed by atoms with Crippen molar-refractivity contribution in [2.45, 2.75) is 46.6 Å². The molecule has 20 heavy (non-hydrogen) atoms. The first-order valence-corrected chi connectivity index (χ1v) is 7.25. The summed E-state index contributed by atoms with van der Waals surface area (Å²) in [5.74, 6) is 1.05. The zero-order valence-corrected chi connectivity index (χ0v) is 12.8. The third-order valence-corrected chi connectivity index (χ3v) is 3.56. The highest BCUT2D eigenvalue weighted by Gasteiger charge is 2.30. The Morgan fingerprint density at radius 3 is 2.45 bits per heavy atom. The van der Waals surface area contributed by atoms with Crippen LogP contribution >= 0.6 is 0 Å². The monoisotopic (exact) mass is 276 g/mol. The first-order chi connectivity index (χ1) is 9.36. The van der Waals surface area contributed by atoms with Gasteiger partial charge in [-0.25, -0.2) is 0 Å². The summed E-state index contributed by atoms with van der Waals surface area (Å²) in [5, 5.41) is 0. The van der Waals surface area contributed by atoms with Gasteiger partial charge in [0.25, 0.3) is 0 Å². The summed E-state index contributed by atoms with van der Waals surface area (Å²) in [5.41, 5.74) is 0.692. The molecule has 0 N–H and O–H groups in total. The lowest BCUT2D eigenvalue weighted by Crippen LogP contribution is -2.46. The fourth-order valence-corrected chi connectivity index (χ4v) is 2.37. The summed E-state index contributed by atoms with van der Waals surface area (Å²) in [6.07, 6.45) is 3.72. The number of rotatable bonds is 2. The van der Waals surface area contributed by atoms with Gasteiger partial charge in [-0.05, 0) is 19.1 Å². The zero-order chi connectivity index (χ0) is 14.8. The minimum Gasteiger partial charge on any atom is -0.489 e.